The van der Waals surface area contributed by atoms with Crippen molar-refractivity contribution in [1.29, 1.82) is 0 Å². The van der Waals surface area contributed by atoms with Crippen molar-refractivity contribution in [2.24, 2.45) is 5.92 Å². The summed E-state index contributed by atoms with van der Waals surface area (Å²) in [6, 6.07) is 8.47. The molecule has 0 aliphatic carbocycles. The molecule has 4 nitrogen and oxygen atoms in total. The Hall–Kier alpha value is -1.94. The molecule has 0 saturated carbocycles. The molecule has 24 heavy (non-hydrogen) atoms. The minimum absolute atomic E-state index is 0.0869. The van der Waals surface area contributed by atoms with Crippen molar-refractivity contribution in [2.75, 3.05) is 27.2 Å². The second kappa shape index (κ2) is 6.52. The summed E-state index contributed by atoms with van der Waals surface area (Å²) in [6.45, 7) is 8.31. The zero-order chi connectivity index (χ0) is 17.4. The van der Waals surface area contributed by atoms with Crippen LogP contribution < -0.4 is 0 Å². The molecular weight excluding hydrogens is 298 g/mol. The van der Waals surface area contributed by atoms with Gasteiger partial charge in [-0.1, -0.05) is 19.1 Å². The first kappa shape index (κ1) is 16.9. The Morgan fingerprint density at radius 2 is 2.04 bits per heavy atom. The molecule has 1 aromatic heterocycles. The van der Waals surface area contributed by atoms with E-state index >= 15 is 0 Å². The third-order valence-electron chi connectivity index (χ3n) is 5.28. The predicted octanol–water partition coefficient (Wildman–Crippen LogP) is 3.26. The lowest BCUT2D eigenvalue weighted by Gasteiger charge is -2.40. The van der Waals surface area contributed by atoms with Crippen LogP contribution in [0.3, 0.4) is 0 Å². The molecule has 0 unspecified atom stereocenters. The molecule has 1 saturated heterocycles. The Kier molecular flexibility index (Phi) is 4.59. The molecule has 0 bridgehead atoms. The summed E-state index contributed by atoms with van der Waals surface area (Å²) in [7, 11) is 4.08. The Balaban J connectivity index is 1.90. The highest BCUT2D eigenvalue weighted by Gasteiger charge is 2.31. The smallest absolute Gasteiger partial charge is 0.255 e. The molecule has 1 aromatic carbocycles. The van der Waals surface area contributed by atoms with Crippen LogP contribution in [0.5, 0.6) is 0 Å². The summed E-state index contributed by atoms with van der Waals surface area (Å²) in [4.78, 5) is 22.0. The fourth-order valence-corrected chi connectivity index (χ4v) is 3.85. The van der Waals surface area contributed by atoms with Gasteiger partial charge in [-0.2, -0.15) is 0 Å². The monoisotopic (exact) mass is 325 g/mol. The molecule has 2 aromatic rings. The summed E-state index contributed by atoms with van der Waals surface area (Å²) in [5, 5.41) is 1.03. The van der Waals surface area contributed by atoms with Crippen LogP contribution in [0.15, 0.2) is 24.3 Å². The van der Waals surface area contributed by atoms with Crippen molar-refractivity contribution in [2.45, 2.75) is 33.2 Å². The molecule has 2 atom stereocenters. The van der Waals surface area contributed by atoms with E-state index in [1.54, 1.807) is 0 Å². The first-order valence-electron chi connectivity index (χ1n) is 8.70. The highest BCUT2D eigenvalue weighted by molar-refractivity contribution is 5.98. The highest BCUT2D eigenvalue weighted by Crippen LogP contribution is 2.24. The number of pyridine rings is 1. The first-order chi connectivity index (χ1) is 11.4. The van der Waals surface area contributed by atoms with Gasteiger partial charge in [0.05, 0.1) is 16.8 Å². The van der Waals surface area contributed by atoms with Crippen LogP contribution in [0.1, 0.15) is 35.0 Å². The fourth-order valence-electron chi connectivity index (χ4n) is 3.85. The zero-order valence-electron chi connectivity index (χ0n) is 15.3. The van der Waals surface area contributed by atoms with Gasteiger partial charge in [0.25, 0.3) is 5.91 Å². The Morgan fingerprint density at radius 1 is 1.29 bits per heavy atom. The van der Waals surface area contributed by atoms with Crippen LogP contribution in [0, 0.1) is 19.8 Å². The normalized spacial score (nSPS) is 21.9. The molecule has 1 aliphatic rings. The van der Waals surface area contributed by atoms with Crippen molar-refractivity contribution >= 4 is 16.8 Å². The third kappa shape index (κ3) is 3.16. The van der Waals surface area contributed by atoms with Crippen molar-refractivity contribution in [3.8, 4) is 0 Å². The van der Waals surface area contributed by atoms with Gasteiger partial charge >= 0.3 is 0 Å². The highest BCUT2D eigenvalue weighted by atomic mass is 16.2. The van der Waals surface area contributed by atoms with Crippen LogP contribution in [0.4, 0.5) is 0 Å². The second-order valence-electron chi connectivity index (χ2n) is 7.33. The van der Waals surface area contributed by atoms with E-state index in [0.717, 1.165) is 41.7 Å². The van der Waals surface area contributed by atoms with E-state index in [2.05, 4.69) is 42.9 Å². The second-order valence-corrected chi connectivity index (χ2v) is 7.33. The summed E-state index contributed by atoms with van der Waals surface area (Å²) in [5.41, 5.74) is 3.68. The van der Waals surface area contributed by atoms with Gasteiger partial charge in [0.2, 0.25) is 0 Å². The van der Waals surface area contributed by atoms with Crippen molar-refractivity contribution < 1.29 is 4.79 Å². The molecule has 1 aliphatic heterocycles. The van der Waals surface area contributed by atoms with Gasteiger partial charge in [-0.25, -0.2) is 0 Å². The molecule has 1 amide bonds. The fraction of sp³-hybridized carbons (Fsp3) is 0.500. The molecule has 1 fully saturated rings. The number of fused-ring (bicyclic) bond motifs is 1. The molecule has 0 N–H and O–H groups in total. The maximum Gasteiger partial charge on any atom is 0.255 e. The number of aryl methyl sites for hydroxylation is 2. The van der Waals surface area contributed by atoms with Crippen molar-refractivity contribution in [1.82, 2.24) is 14.8 Å². The average Bonchev–Trinajstić information content (AvgIpc) is 2.53. The van der Waals surface area contributed by atoms with E-state index in [0.29, 0.717) is 12.0 Å². The first-order valence-corrected chi connectivity index (χ1v) is 8.70. The molecular formula is C20H27N3O. The predicted molar refractivity (Wildman–Crippen MR) is 98.4 cm³/mol. The Labute approximate surface area is 144 Å². The number of hydrogen-bond acceptors (Lipinski definition) is 3. The van der Waals surface area contributed by atoms with E-state index < -0.39 is 0 Å². The van der Waals surface area contributed by atoms with Gasteiger partial charge in [0.15, 0.2) is 0 Å². The number of nitrogens with zero attached hydrogens (tertiary/aromatic N) is 3. The standard InChI is InChI=1S/C20H27N3O/c1-13-6-7-16-11-17(15(3)21-18(16)10-13)20(24)23(5)19-8-9-22(4)12-14(19)2/h6-7,10-11,14,19H,8-9,12H2,1-5H3/t14-,19-/m0/s1. The summed E-state index contributed by atoms with van der Waals surface area (Å²) >= 11 is 0. The van der Waals surface area contributed by atoms with Crippen LogP contribution >= 0.6 is 0 Å². The molecule has 2 heterocycles. The minimum atomic E-state index is 0.0869. The van der Waals surface area contributed by atoms with Gasteiger partial charge in [-0.05, 0) is 57.5 Å². The van der Waals surface area contributed by atoms with E-state index in [4.69, 9.17) is 0 Å². The van der Waals surface area contributed by atoms with E-state index in [-0.39, 0.29) is 5.91 Å². The van der Waals surface area contributed by atoms with Crippen molar-refractivity contribution in [3.05, 3.63) is 41.1 Å². The molecule has 128 valence electrons. The SMILES string of the molecule is Cc1ccc2cc(C(=O)N(C)[C@H]3CCN(C)C[C@@H]3C)c(C)nc2c1. The van der Waals surface area contributed by atoms with Crippen LogP contribution in [0.25, 0.3) is 10.9 Å². The quantitative estimate of drug-likeness (QED) is 0.850. The Morgan fingerprint density at radius 3 is 2.75 bits per heavy atom. The zero-order valence-corrected chi connectivity index (χ0v) is 15.3. The number of amides is 1. The van der Waals surface area contributed by atoms with Crippen LogP contribution in [0.2, 0.25) is 0 Å². The van der Waals surface area contributed by atoms with Gasteiger partial charge in [0, 0.05) is 25.0 Å². The molecule has 4 heteroatoms. The lowest BCUT2D eigenvalue weighted by Crippen LogP contribution is -2.49. The third-order valence-corrected chi connectivity index (χ3v) is 5.28. The lowest BCUT2D eigenvalue weighted by atomic mass is 9.92. The van der Waals surface area contributed by atoms with Crippen LogP contribution in [-0.2, 0) is 0 Å². The number of likely N-dealkylation sites (tertiary alicyclic amines) is 1. The number of piperidine rings is 1. The number of hydrogen-bond donors (Lipinski definition) is 0. The number of carbonyl (C=O) groups is 1. The summed E-state index contributed by atoms with van der Waals surface area (Å²) in [6.07, 6.45) is 1.03. The molecule has 0 radical (unpaired) electrons. The van der Waals surface area contributed by atoms with Gasteiger partial charge < -0.3 is 9.80 Å². The topological polar surface area (TPSA) is 36.4 Å². The van der Waals surface area contributed by atoms with E-state index in [9.17, 15) is 4.79 Å². The van der Waals surface area contributed by atoms with Gasteiger partial charge in [0.1, 0.15) is 0 Å². The summed E-state index contributed by atoms with van der Waals surface area (Å²) in [5.74, 6) is 0.568. The largest absolute Gasteiger partial charge is 0.338 e. The van der Waals surface area contributed by atoms with Gasteiger partial charge in [-0.3, -0.25) is 9.78 Å². The maximum atomic E-state index is 13.1. The molecule has 0 spiro atoms. The number of carbonyl (C=O) groups excluding carboxylic acids is 1. The van der Waals surface area contributed by atoms with Crippen molar-refractivity contribution in [3.63, 3.8) is 0 Å². The summed E-state index contributed by atoms with van der Waals surface area (Å²) < 4.78 is 0. The van der Waals surface area contributed by atoms with E-state index in [1.165, 1.54) is 5.56 Å². The molecule has 3 rings (SSSR count). The minimum Gasteiger partial charge on any atom is -0.338 e. The van der Waals surface area contributed by atoms with E-state index in [1.807, 2.05) is 31.0 Å². The van der Waals surface area contributed by atoms with Gasteiger partial charge in [-0.15, -0.1) is 0 Å². The maximum absolute atomic E-state index is 13.1. The Bertz CT molecular complexity index is 771. The lowest BCUT2D eigenvalue weighted by molar-refractivity contribution is 0.0548. The number of aromatic nitrogens is 1. The van der Waals surface area contributed by atoms with Crippen LogP contribution in [-0.4, -0.2) is 53.9 Å². The number of benzene rings is 1. The number of rotatable bonds is 2. The average molecular weight is 325 g/mol.